The Balaban J connectivity index is 2.10. The predicted molar refractivity (Wildman–Crippen MR) is 120 cm³/mol. The van der Waals surface area contributed by atoms with E-state index in [0.717, 1.165) is 38.0 Å². The number of urea groups is 1. The third-order valence-corrected chi connectivity index (χ3v) is 5.33. The molecule has 29 heavy (non-hydrogen) atoms. The molecule has 2 amide bonds. The molecule has 0 aliphatic rings. The molecule has 2 aromatic carbocycles. The van der Waals surface area contributed by atoms with Crippen molar-refractivity contribution in [2.24, 2.45) is 0 Å². The fourth-order valence-corrected chi connectivity index (χ4v) is 3.45. The average Bonchev–Trinajstić information content (AvgIpc) is 2.76. The minimum Gasteiger partial charge on any atom is -0.495 e. The van der Waals surface area contributed by atoms with Crippen molar-refractivity contribution in [3.63, 3.8) is 0 Å². The van der Waals surface area contributed by atoms with Crippen LogP contribution in [-0.4, -0.2) is 48.6 Å². The second-order valence-electron chi connectivity index (χ2n) is 7.26. The number of hydrogen-bond acceptors (Lipinski definition) is 3. The van der Waals surface area contributed by atoms with E-state index in [1.807, 2.05) is 47.4 Å². The lowest BCUT2D eigenvalue weighted by Gasteiger charge is -2.30. The summed E-state index contributed by atoms with van der Waals surface area (Å²) in [5.74, 6) is 0.662. The van der Waals surface area contributed by atoms with Crippen LogP contribution in [0.3, 0.4) is 0 Å². The van der Waals surface area contributed by atoms with Gasteiger partial charge in [0.2, 0.25) is 0 Å². The van der Waals surface area contributed by atoms with Crippen molar-refractivity contribution in [3.8, 4) is 5.75 Å². The fourth-order valence-electron chi connectivity index (χ4n) is 3.45. The zero-order chi connectivity index (χ0) is 21.1. The highest BCUT2D eigenvalue weighted by atomic mass is 16.5. The van der Waals surface area contributed by atoms with Gasteiger partial charge in [-0.1, -0.05) is 56.3 Å². The van der Waals surface area contributed by atoms with E-state index >= 15 is 0 Å². The van der Waals surface area contributed by atoms with Gasteiger partial charge >= 0.3 is 6.03 Å². The molecule has 0 saturated carbocycles. The van der Waals surface area contributed by atoms with Crippen LogP contribution in [0, 0.1) is 0 Å². The molecule has 0 aliphatic carbocycles. The summed E-state index contributed by atoms with van der Waals surface area (Å²) in [7, 11) is 1.61. The maximum atomic E-state index is 13.2. The van der Waals surface area contributed by atoms with Crippen LogP contribution in [-0.2, 0) is 6.54 Å². The Morgan fingerprint density at radius 3 is 2.34 bits per heavy atom. The lowest BCUT2D eigenvalue weighted by Crippen LogP contribution is -2.41. The van der Waals surface area contributed by atoms with Gasteiger partial charge in [0.1, 0.15) is 5.75 Å². The summed E-state index contributed by atoms with van der Waals surface area (Å²) in [6, 6.07) is 17.7. The van der Waals surface area contributed by atoms with E-state index in [-0.39, 0.29) is 12.1 Å². The number of amides is 2. The van der Waals surface area contributed by atoms with Crippen LogP contribution in [0.5, 0.6) is 5.75 Å². The van der Waals surface area contributed by atoms with Gasteiger partial charge in [0.15, 0.2) is 0 Å². The largest absolute Gasteiger partial charge is 0.495 e. The van der Waals surface area contributed by atoms with Gasteiger partial charge in [-0.25, -0.2) is 4.79 Å². The Hall–Kier alpha value is -2.53. The van der Waals surface area contributed by atoms with Crippen molar-refractivity contribution in [3.05, 3.63) is 60.2 Å². The average molecular weight is 398 g/mol. The predicted octanol–water partition coefficient (Wildman–Crippen LogP) is 5.24. The van der Waals surface area contributed by atoms with E-state index in [0.29, 0.717) is 18.0 Å². The van der Waals surface area contributed by atoms with Crippen molar-refractivity contribution in [2.45, 2.75) is 46.2 Å². The van der Waals surface area contributed by atoms with Crippen molar-refractivity contribution >= 4 is 11.7 Å². The molecule has 0 heterocycles. The zero-order valence-electron chi connectivity index (χ0n) is 18.2. The van der Waals surface area contributed by atoms with Crippen molar-refractivity contribution in [1.82, 2.24) is 9.80 Å². The quantitative estimate of drug-likeness (QED) is 0.564. The van der Waals surface area contributed by atoms with E-state index in [9.17, 15) is 4.79 Å². The summed E-state index contributed by atoms with van der Waals surface area (Å²) in [5.41, 5.74) is 1.81. The minimum absolute atomic E-state index is 0.103. The van der Waals surface area contributed by atoms with Crippen molar-refractivity contribution in [1.29, 1.82) is 0 Å². The standard InChI is InChI=1S/C24H35N3O2/c1-5-26(6-2)18-12-13-20(3)27(19-21-14-8-7-9-15-21)24(28)25-22-16-10-11-17-23(22)29-4/h7-11,14-17,20H,5-6,12-13,18-19H2,1-4H3,(H,25,28). The molecule has 5 heteroatoms. The summed E-state index contributed by atoms with van der Waals surface area (Å²) in [4.78, 5) is 17.5. The zero-order valence-corrected chi connectivity index (χ0v) is 18.2. The molecule has 0 aromatic heterocycles. The van der Waals surface area contributed by atoms with Gasteiger partial charge in [0.05, 0.1) is 12.8 Å². The lowest BCUT2D eigenvalue weighted by atomic mass is 10.1. The summed E-state index contributed by atoms with van der Waals surface area (Å²) in [6.45, 7) is 10.3. The first-order valence-corrected chi connectivity index (χ1v) is 10.6. The number of methoxy groups -OCH3 is 1. The number of anilines is 1. The van der Waals surface area contributed by atoms with Gasteiger partial charge in [0.25, 0.3) is 0 Å². The number of hydrogen-bond donors (Lipinski definition) is 1. The highest BCUT2D eigenvalue weighted by Gasteiger charge is 2.21. The number of carbonyl (C=O) groups excluding carboxylic acids is 1. The Morgan fingerprint density at radius 1 is 1.03 bits per heavy atom. The number of rotatable bonds is 11. The second kappa shape index (κ2) is 12.1. The van der Waals surface area contributed by atoms with E-state index in [2.05, 4.69) is 43.1 Å². The minimum atomic E-state index is -0.103. The van der Waals surface area contributed by atoms with E-state index in [1.165, 1.54) is 0 Å². The second-order valence-corrected chi connectivity index (χ2v) is 7.26. The van der Waals surface area contributed by atoms with E-state index in [4.69, 9.17) is 4.74 Å². The van der Waals surface area contributed by atoms with Crippen LogP contribution in [0.15, 0.2) is 54.6 Å². The van der Waals surface area contributed by atoms with Gasteiger partial charge in [-0.2, -0.15) is 0 Å². The van der Waals surface area contributed by atoms with Crippen LogP contribution >= 0.6 is 0 Å². The number of nitrogens with zero attached hydrogens (tertiary/aromatic N) is 2. The van der Waals surface area contributed by atoms with Crippen LogP contribution < -0.4 is 10.1 Å². The molecule has 1 unspecified atom stereocenters. The van der Waals surface area contributed by atoms with Crippen LogP contribution in [0.1, 0.15) is 39.2 Å². The molecule has 0 spiro atoms. The maximum absolute atomic E-state index is 13.2. The molecule has 0 aliphatic heterocycles. The topological polar surface area (TPSA) is 44.8 Å². The molecule has 158 valence electrons. The summed E-state index contributed by atoms with van der Waals surface area (Å²) in [6.07, 6.45) is 2.03. The first-order valence-electron chi connectivity index (χ1n) is 10.6. The van der Waals surface area contributed by atoms with Crippen LogP contribution in [0.2, 0.25) is 0 Å². The molecule has 5 nitrogen and oxygen atoms in total. The summed E-state index contributed by atoms with van der Waals surface area (Å²) < 4.78 is 5.38. The highest BCUT2D eigenvalue weighted by Crippen LogP contribution is 2.24. The highest BCUT2D eigenvalue weighted by molar-refractivity contribution is 5.91. The number of benzene rings is 2. The van der Waals surface area contributed by atoms with Gasteiger partial charge in [0, 0.05) is 12.6 Å². The van der Waals surface area contributed by atoms with Crippen LogP contribution in [0.25, 0.3) is 0 Å². The Labute approximate surface area is 175 Å². The van der Waals surface area contributed by atoms with E-state index < -0.39 is 0 Å². The van der Waals surface area contributed by atoms with Gasteiger partial charge in [-0.15, -0.1) is 0 Å². The summed E-state index contributed by atoms with van der Waals surface area (Å²) in [5, 5.41) is 3.04. The molecular weight excluding hydrogens is 362 g/mol. The maximum Gasteiger partial charge on any atom is 0.322 e. The molecule has 1 atom stereocenters. The molecule has 0 radical (unpaired) electrons. The van der Waals surface area contributed by atoms with Gasteiger partial charge < -0.3 is 19.9 Å². The lowest BCUT2D eigenvalue weighted by molar-refractivity contribution is 0.180. The van der Waals surface area contributed by atoms with Gasteiger partial charge in [-0.05, 0) is 57.1 Å². The fraction of sp³-hybridized carbons (Fsp3) is 0.458. The van der Waals surface area contributed by atoms with Crippen molar-refractivity contribution in [2.75, 3.05) is 32.1 Å². The molecule has 1 N–H and O–H groups in total. The molecule has 0 fully saturated rings. The van der Waals surface area contributed by atoms with Crippen molar-refractivity contribution < 1.29 is 9.53 Å². The van der Waals surface area contributed by atoms with Crippen LogP contribution in [0.4, 0.5) is 10.5 Å². The Bertz CT molecular complexity index is 732. The van der Waals surface area contributed by atoms with Gasteiger partial charge in [-0.3, -0.25) is 0 Å². The Kier molecular flexibility index (Phi) is 9.51. The molecule has 0 saturated heterocycles. The summed E-state index contributed by atoms with van der Waals surface area (Å²) >= 11 is 0. The third-order valence-electron chi connectivity index (χ3n) is 5.33. The first-order chi connectivity index (χ1) is 14.1. The number of ether oxygens (including phenoxy) is 1. The molecule has 0 bridgehead atoms. The number of nitrogens with one attached hydrogen (secondary N) is 1. The first kappa shape index (κ1) is 22.8. The number of carbonyl (C=O) groups is 1. The molecule has 2 rings (SSSR count). The monoisotopic (exact) mass is 397 g/mol. The van der Waals surface area contributed by atoms with E-state index in [1.54, 1.807) is 7.11 Å². The Morgan fingerprint density at radius 2 is 1.69 bits per heavy atom. The molecule has 2 aromatic rings. The smallest absolute Gasteiger partial charge is 0.322 e. The molecular formula is C24H35N3O2. The number of para-hydroxylation sites is 2. The SMILES string of the molecule is CCN(CC)CCCC(C)N(Cc1ccccc1)C(=O)Nc1ccccc1OC. The third kappa shape index (κ3) is 7.09. The normalized spacial score (nSPS) is 11.9.